The highest BCUT2D eigenvalue weighted by molar-refractivity contribution is 7.99. The molecular weight excluding hydrogens is 220 g/mol. The first-order valence-corrected chi connectivity index (χ1v) is 5.46. The summed E-state index contributed by atoms with van der Waals surface area (Å²) in [5, 5.41) is 20.2. The van der Waals surface area contributed by atoms with Crippen LogP contribution in [0.25, 0.3) is 0 Å². The molecule has 8 heteroatoms. The van der Waals surface area contributed by atoms with Gasteiger partial charge in [-0.2, -0.15) is 0 Å². The van der Waals surface area contributed by atoms with Gasteiger partial charge in [0.05, 0.1) is 18.4 Å². The fourth-order valence-corrected chi connectivity index (χ4v) is 2.02. The van der Waals surface area contributed by atoms with E-state index in [1.165, 1.54) is 0 Å². The quantitative estimate of drug-likeness (QED) is 0.717. The second kappa shape index (κ2) is 4.58. The van der Waals surface area contributed by atoms with Crippen molar-refractivity contribution in [3.05, 3.63) is 0 Å². The van der Waals surface area contributed by atoms with Gasteiger partial charge >= 0.3 is 5.97 Å². The van der Waals surface area contributed by atoms with E-state index in [0.717, 1.165) is 18.2 Å². The SMILES string of the molecule is O=C(O)CSc1nnnn1C1CCOC1. The molecule has 1 N–H and O–H groups in total. The molecule has 2 rings (SSSR count). The van der Waals surface area contributed by atoms with Crippen LogP contribution >= 0.6 is 11.8 Å². The lowest BCUT2D eigenvalue weighted by Crippen LogP contribution is -2.12. The number of carboxylic acid groups (broad SMARTS) is 1. The Morgan fingerprint density at radius 3 is 3.27 bits per heavy atom. The smallest absolute Gasteiger partial charge is 0.313 e. The summed E-state index contributed by atoms with van der Waals surface area (Å²) in [6.07, 6.45) is 0.867. The third-order valence-corrected chi connectivity index (χ3v) is 2.96. The average Bonchev–Trinajstić information content (AvgIpc) is 2.85. The van der Waals surface area contributed by atoms with Crippen molar-refractivity contribution in [2.45, 2.75) is 17.6 Å². The summed E-state index contributed by atoms with van der Waals surface area (Å²) in [4.78, 5) is 10.4. The van der Waals surface area contributed by atoms with E-state index in [1.807, 2.05) is 0 Å². The Balaban J connectivity index is 2.04. The lowest BCUT2D eigenvalue weighted by molar-refractivity contribution is -0.133. The summed E-state index contributed by atoms with van der Waals surface area (Å²) in [6, 6.07) is 0.135. The van der Waals surface area contributed by atoms with Gasteiger partial charge in [-0.15, -0.1) is 5.10 Å². The summed E-state index contributed by atoms with van der Waals surface area (Å²) in [6.45, 7) is 1.29. The first-order valence-electron chi connectivity index (χ1n) is 4.47. The number of hydrogen-bond acceptors (Lipinski definition) is 6. The van der Waals surface area contributed by atoms with Crippen LogP contribution in [0.2, 0.25) is 0 Å². The molecule has 1 atom stereocenters. The summed E-state index contributed by atoms with van der Waals surface area (Å²) < 4.78 is 6.86. The van der Waals surface area contributed by atoms with Crippen LogP contribution in [0.4, 0.5) is 0 Å². The molecule has 82 valence electrons. The highest BCUT2D eigenvalue weighted by Gasteiger charge is 2.22. The normalized spacial score (nSPS) is 20.7. The molecule has 0 aliphatic carbocycles. The van der Waals surface area contributed by atoms with Gasteiger partial charge in [0.1, 0.15) is 0 Å². The molecule has 0 radical (unpaired) electrons. The maximum absolute atomic E-state index is 10.4. The van der Waals surface area contributed by atoms with Crippen LogP contribution in [0.1, 0.15) is 12.5 Å². The number of carboxylic acids is 1. The largest absolute Gasteiger partial charge is 0.481 e. The number of rotatable bonds is 4. The number of ether oxygens (including phenoxy) is 1. The Morgan fingerprint density at radius 2 is 2.60 bits per heavy atom. The van der Waals surface area contributed by atoms with Crippen molar-refractivity contribution in [2.75, 3.05) is 19.0 Å². The molecule has 1 aliphatic heterocycles. The summed E-state index contributed by atoms with van der Waals surface area (Å²) >= 11 is 1.12. The van der Waals surface area contributed by atoms with E-state index in [1.54, 1.807) is 4.68 Å². The fraction of sp³-hybridized carbons (Fsp3) is 0.714. The zero-order valence-electron chi connectivity index (χ0n) is 7.87. The Morgan fingerprint density at radius 1 is 1.73 bits per heavy atom. The minimum atomic E-state index is -0.878. The molecule has 1 saturated heterocycles. The van der Waals surface area contributed by atoms with Crippen LogP contribution in [0.3, 0.4) is 0 Å². The van der Waals surface area contributed by atoms with Crippen LogP contribution in [0, 0.1) is 0 Å². The molecule has 0 aromatic carbocycles. The summed E-state index contributed by atoms with van der Waals surface area (Å²) in [5.74, 6) is -0.911. The lowest BCUT2D eigenvalue weighted by atomic mass is 10.3. The Bertz CT molecular complexity index is 350. The highest BCUT2D eigenvalue weighted by atomic mass is 32.2. The number of hydrogen-bond donors (Lipinski definition) is 1. The minimum absolute atomic E-state index is 0.0338. The van der Waals surface area contributed by atoms with Crippen molar-refractivity contribution in [1.29, 1.82) is 0 Å². The zero-order valence-corrected chi connectivity index (χ0v) is 8.68. The Hall–Kier alpha value is -1.15. The predicted molar refractivity (Wildman–Crippen MR) is 50.6 cm³/mol. The van der Waals surface area contributed by atoms with E-state index < -0.39 is 5.97 Å². The fourth-order valence-electron chi connectivity index (χ4n) is 1.35. The van der Waals surface area contributed by atoms with Crippen molar-refractivity contribution >= 4 is 17.7 Å². The monoisotopic (exact) mass is 230 g/mol. The van der Waals surface area contributed by atoms with Gasteiger partial charge in [-0.05, 0) is 16.8 Å². The van der Waals surface area contributed by atoms with Gasteiger partial charge in [-0.3, -0.25) is 4.79 Å². The topological polar surface area (TPSA) is 90.1 Å². The molecule has 7 nitrogen and oxygen atoms in total. The third-order valence-electron chi connectivity index (χ3n) is 2.04. The maximum Gasteiger partial charge on any atom is 0.313 e. The van der Waals surface area contributed by atoms with Gasteiger partial charge in [0.15, 0.2) is 0 Å². The van der Waals surface area contributed by atoms with E-state index in [-0.39, 0.29) is 11.8 Å². The van der Waals surface area contributed by atoms with Crippen molar-refractivity contribution in [3.63, 3.8) is 0 Å². The Kier molecular flexibility index (Phi) is 3.17. The van der Waals surface area contributed by atoms with E-state index in [0.29, 0.717) is 18.4 Å². The van der Waals surface area contributed by atoms with Crippen LogP contribution < -0.4 is 0 Å². The van der Waals surface area contributed by atoms with Crippen molar-refractivity contribution in [1.82, 2.24) is 20.2 Å². The molecule has 0 amide bonds. The predicted octanol–water partition coefficient (Wildman–Crippen LogP) is -0.189. The molecule has 2 heterocycles. The molecule has 1 fully saturated rings. The van der Waals surface area contributed by atoms with Crippen molar-refractivity contribution in [3.8, 4) is 0 Å². The standard InChI is InChI=1S/C7H10N4O3S/c12-6(13)4-15-7-8-9-10-11(7)5-1-2-14-3-5/h5H,1-4H2,(H,12,13). The number of thioether (sulfide) groups is 1. The van der Waals surface area contributed by atoms with Gasteiger partial charge in [0.25, 0.3) is 0 Å². The molecule has 1 aliphatic rings. The number of carbonyl (C=O) groups is 1. The summed E-state index contributed by atoms with van der Waals surface area (Å²) in [7, 11) is 0. The number of nitrogens with zero attached hydrogens (tertiary/aromatic N) is 4. The van der Waals surface area contributed by atoms with Crippen molar-refractivity contribution in [2.24, 2.45) is 0 Å². The minimum Gasteiger partial charge on any atom is -0.481 e. The molecule has 0 spiro atoms. The van der Waals surface area contributed by atoms with Gasteiger partial charge in [-0.25, -0.2) is 4.68 Å². The van der Waals surface area contributed by atoms with E-state index >= 15 is 0 Å². The van der Waals surface area contributed by atoms with Gasteiger partial charge in [-0.1, -0.05) is 11.8 Å². The van der Waals surface area contributed by atoms with Crippen LogP contribution in [0.15, 0.2) is 5.16 Å². The highest BCUT2D eigenvalue weighted by Crippen LogP contribution is 2.23. The molecular formula is C7H10N4O3S. The van der Waals surface area contributed by atoms with Crippen LogP contribution in [-0.2, 0) is 9.53 Å². The van der Waals surface area contributed by atoms with Gasteiger partial charge in [0.2, 0.25) is 5.16 Å². The number of aliphatic carboxylic acids is 1. The maximum atomic E-state index is 10.4. The molecule has 15 heavy (non-hydrogen) atoms. The second-order valence-corrected chi connectivity index (χ2v) is 4.05. The van der Waals surface area contributed by atoms with Gasteiger partial charge < -0.3 is 9.84 Å². The Labute approximate surface area is 89.8 Å². The van der Waals surface area contributed by atoms with E-state index in [2.05, 4.69) is 15.5 Å². The first kappa shape index (κ1) is 10.4. The average molecular weight is 230 g/mol. The van der Waals surface area contributed by atoms with E-state index in [4.69, 9.17) is 9.84 Å². The molecule has 0 saturated carbocycles. The van der Waals surface area contributed by atoms with E-state index in [9.17, 15) is 4.79 Å². The number of aromatic nitrogens is 4. The van der Waals surface area contributed by atoms with Crippen LogP contribution in [0.5, 0.6) is 0 Å². The lowest BCUT2D eigenvalue weighted by Gasteiger charge is -2.08. The molecule has 1 unspecified atom stereocenters. The number of tetrazole rings is 1. The first-order chi connectivity index (χ1) is 7.27. The summed E-state index contributed by atoms with van der Waals surface area (Å²) in [5.41, 5.74) is 0. The second-order valence-electron chi connectivity index (χ2n) is 3.11. The molecule has 0 bridgehead atoms. The van der Waals surface area contributed by atoms with Gasteiger partial charge in [0, 0.05) is 6.61 Å². The third kappa shape index (κ3) is 2.45. The molecule has 1 aromatic rings. The van der Waals surface area contributed by atoms with Crippen molar-refractivity contribution < 1.29 is 14.6 Å². The van der Waals surface area contributed by atoms with Crippen LogP contribution in [-0.4, -0.2) is 50.2 Å². The molecule has 1 aromatic heterocycles. The zero-order chi connectivity index (χ0) is 10.7.